The molecule has 1 saturated heterocycles. The van der Waals surface area contributed by atoms with Gasteiger partial charge in [-0.25, -0.2) is 4.79 Å². The zero-order chi connectivity index (χ0) is 21.0. The van der Waals surface area contributed by atoms with E-state index in [0.29, 0.717) is 37.8 Å². The Balaban J connectivity index is 1.57. The van der Waals surface area contributed by atoms with Gasteiger partial charge >= 0.3 is 12.2 Å². The first-order valence-electron chi connectivity index (χ1n) is 10.2. The lowest BCUT2D eigenvalue weighted by Crippen LogP contribution is -2.54. The molecule has 0 atom stereocenters. The molecule has 162 valence electrons. The van der Waals surface area contributed by atoms with E-state index in [9.17, 15) is 18.0 Å². The lowest BCUT2D eigenvalue weighted by molar-refractivity contribution is -0.132. The fraction of sp³-hybridized carbons (Fsp3) is 0.750. The van der Waals surface area contributed by atoms with E-state index in [0.717, 1.165) is 40.4 Å². The van der Waals surface area contributed by atoms with Crippen LogP contribution in [0.2, 0.25) is 0 Å². The van der Waals surface area contributed by atoms with Gasteiger partial charge < -0.3 is 15.1 Å². The van der Waals surface area contributed by atoms with Crippen LogP contribution in [0.4, 0.5) is 23.0 Å². The summed E-state index contributed by atoms with van der Waals surface area (Å²) in [6, 6.07) is 0.363. The molecule has 1 saturated carbocycles. The minimum atomic E-state index is -4.16. The molecular weight excluding hydrogens is 401 g/mol. The van der Waals surface area contributed by atoms with E-state index >= 15 is 0 Å². The fourth-order valence-corrected chi connectivity index (χ4v) is 6.05. The quantitative estimate of drug-likeness (QED) is 0.757. The number of amides is 2. The topological polar surface area (TPSA) is 38.8 Å². The molecule has 1 aliphatic carbocycles. The highest BCUT2D eigenvalue weighted by atomic mass is 32.1. The first-order valence-corrected chi connectivity index (χ1v) is 11.0. The van der Waals surface area contributed by atoms with Crippen LogP contribution in [0.3, 0.4) is 0 Å². The van der Waals surface area contributed by atoms with E-state index in [2.05, 4.69) is 31.0 Å². The van der Waals surface area contributed by atoms with E-state index in [1.54, 1.807) is 16.2 Å². The zero-order valence-electron chi connectivity index (χ0n) is 17.2. The molecule has 0 aromatic carbocycles. The minimum Gasteiger partial charge on any atom is -0.350 e. The first-order chi connectivity index (χ1) is 13.5. The third-order valence-corrected chi connectivity index (χ3v) is 7.77. The van der Waals surface area contributed by atoms with Crippen molar-refractivity contribution >= 4 is 22.4 Å². The van der Waals surface area contributed by atoms with Crippen molar-refractivity contribution in [3.63, 3.8) is 0 Å². The van der Waals surface area contributed by atoms with E-state index in [1.807, 2.05) is 4.90 Å². The number of hydrogen-bond acceptors (Lipinski definition) is 4. The van der Waals surface area contributed by atoms with Gasteiger partial charge in [0.1, 0.15) is 0 Å². The number of nitrogens with one attached hydrogen (secondary N) is 1. The van der Waals surface area contributed by atoms with Crippen molar-refractivity contribution in [2.75, 3.05) is 31.2 Å². The highest BCUT2D eigenvalue weighted by Crippen LogP contribution is 2.47. The number of rotatable bonds is 5. The lowest BCUT2D eigenvalue weighted by Gasteiger charge is -2.51. The van der Waals surface area contributed by atoms with Crippen molar-refractivity contribution in [2.24, 2.45) is 5.41 Å². The maximum atomic E-state index is 12.9. The van der Waals surface area contributed by atoms with E-state index in [-0.39, 0.29) is 12.6 Å². The van der Waals surface area contributed by atoms with Gasteiger partial charge in [0.2, 0.25) is 0 Å². The molecule has 2 aliphatic heterocycles. The van der Waals surface area contributed by atoms with Crippen molar-refractivity contribution in [2.45, 2.75) is 65.3 Å². The number of hydrogen-bond donors (Lipinski definition) is 1. The predicted molar refractivity (Wildman–Crippen MR) is 108 cm³/mol. The van der Waals surface area contributed by atoms with Crippen LogP contribution in [-0.4, -0.2) is 54.4 Å². The average molecular weight is 431 g/mol. The summed E-state index contributed by atoms with van der Waals surface area (Å²) in [4.78, 5) is 19.0. The minimum absolute atomic E-state index is 0.0211. The Morgan fingerprint density at radius 1 is 1.24 bits per heavy atom. The van der Waals surface area contributed by atoms with E-state index in [4.69, 9.17) is 0 Å². The zero-order valence-corrected chi connectivity index (χ0v) is 18.0. The molecule has 0 bridgehead atoms. The number of nitrogens with zero attached hydrogens (tertiary/aromatic N) is 3. The van der Waals surface area contributed by atoms with Gasteiger partial charge in [-0.1, -0.05) is 13.8 Å². The van der Waals surface area contributed by atoms with Crippen LogP contribution in [0.5, 0.6) is 0 Å². The average Bonchev–Trinajstić information content (AvgIpc) is 3.14. The van der Waals surface area contributed by atoms with Gasteiger partial charge in [-0.3, -0.25) is 4.90 Å². The monoisotopic (exact) mass is 430 g/mol. The molecule has 29 heavy (non-hydrogen) atoms. The molecule has 2 amide bonds. The van der Waals surface area contributed by atoms with Crippen LogP contribution in [0, 0.1) is 12.3 Å². The number of fused-ring (bicyclic) bond motifs is 1. The van der Waals surface area contributed by atoms with Crippen molar-refractivity contribution in [3.05, 3.63) is 16.0 Å². The van der Waals surface area contributed by atoms with Gasteiger partial charge in [0, 0.05) is 42.7 Å². The van der Waals surface area contributed by atoms with Gasteiger partial charge in [-0.2, -0.15) is 13.2 Å². The molecule has 0 unspecified atom stereocenters. The molecule has 0 spiro atoms. The Hall–Kier alpha value is -1.48. The molecule has 1 aromatic heterocycles. The van der Waals surface area contributed by atoms with E-state index < -0.39 is 12.6 Å². The Kier molecular flexibility index (Phi) is 5.26. The summed E-state index contributed by atoms with van der Waals surface area (Å²) < 4.78 is 38.8. The lowest BCUT2D eigenvalue weighted by atomic mass is 9.68. The van der Waals surface area contributed by atoms with Gasteiger partial charge in [-0.05, 0) is 30.7 Å². The summed E-state index contributed by atoms with van der Waals surface area (Å²) in [5, 5.41) is 3.76. The molecule has 1 N–H and O–H groups in total. The molecule has 4 rings (SSSR count). The van der Waals surface area contributed by atoms with Crippen LogP contribution in [0.1, 0.15) is 49.1 Å². The molecule has 9 heteroatoms. The normalized spacial score (nSPS) is 22.6. The first kappa shape index (κ1) is 20.8. The maximum absolute atomic E-state index is 12.9. The third kappa shape index (κ3) is 4.35. The second kappa shape index (κ2) is 7.34. The largest absolute Gasteiger partial charge is 0.390 e. The van der Waals surface area contributed by atoms with Crippen LogP contribution < -0.4 is 10.2 Å². The molecule has 5 nitrogen and oxygen atoms in total. The van der Waals surface area contributed by atoms with Gasteiger partial charge in [0.15, 0.2) is 0 Å². The number of urea groups is 1. The molecule has 2 fully saturated rings. The molecule has 0 radical (unpaired) electrons. The number of anilines is 1. The summed E-state index contributed by atoms with van der Waals surface area (Å²) in [5.74, 6) is 0. The van der Waals surface area contributed by atoms with Crippen LogP contribution in [-0.2, 0) is 13.1 Å². The summed E-state index contributed by atoms with van der Waals surface area (Å²) in [6.45, 7) is 9.69. The predicted octanol–water partition coefficient (Wildman–Crippen LogP) is 4.30. The second-order valence-electron chi connectivity index (χ2n) is 9.33. The smallest absolute Gasteiger partial charge is 0.350 e. The summed E-state index contributed by atoms with van der Waals surface area (Å²) in [6.07, 6.45) is -2.81. The fourth-order valence-electron chi connectivity index (χ4n) is 4.70. The Morgan fingerprint density at radius 2 is 1.97 bits per heavy atom. The van der Waals surface area contributed by atoms with Crippen molar-refractivity contribution in [1.82, 2.24) is 15.1 Å². The number of carbonyl (C=O) groups is 1. The Bertz CT molecular complexity index is 783. The highest BCUT2D eigenvalue weighted by Gasteiger charge is 2.42. The van der Waals surface area contributed by atoms with Gasteiger partial charge in [0.25, 0.3) is 0 Å². The number of halogens is 3. The standard InChI is InChI=1S/C20H29F3N4OS/c1-13-15-10-27(14-8-19(2,3)9-14)12-26(6-4-20(21,22)23)17(15)29-16(13)11-25-7-5-24-18(25)28/h14H,4-12H2,1-3H3,(H,24,28). The number of thiophene rings is 1. The maximum Gasteiger partial charge on any atom is 0.390 e. The van der Waals surface area contributed by atoms with Crippen molar-refractivity contribution in [3.8, 4) is 0 Å². The molecule has 3 aliphatic rings. The van der Waals surface area contributed by atoms with E-state index in [1.165, 1.54) is 0 Å². The van der Waals surface area contributed by atoms with Gasteiger partial charge in [0.05, 0.1) is 24.6 Å². The summed E-state index contributed by atoms with van der Waals surface area (Å²) >= 11 is 1.56. The summed E-state index contributed by atoms with van der Waals surface area (Å²) in [5.41, 5.74) is 2.59. The van der Waals surface area contributed by atoms with Crippen LogP contribution >= 0.6 is 11.3 Å². The van der Waals surface area contributed by atoms with Crippen LogP contribution in [0.15, 0.2) is 0 Å². The Morgan fingerprint density at radius 3 is 2.55 bits per heavy atom. The third-order valence-electron chi connectivity index (χ3n) is 6.39. The van der Waals surface area contributed by atoms with Gasteiger partial charge in [-0.15, -0.1) is 11.3 Å². The van der Waals surface area contributed by atoms with Crippen LogP contribution in [0.25, 0.3) is 0 Å². The second-order valence-corrected chi connectivity index (χ2v) is 10.4. The molecule has 3 heterocycles. The molecular formula is C20H29F3N4OS. The summed E-state index contributed by atoms with van der Waals surface area (Å²) in [7, 11) is 0. The van der Waals surface area contributed by atoms with Crippen molar-refractivity contribution in [1.29, 1.82) is 0 Å². The highest BCUT2D eigenvalue weighted by molar-refractivity contribution is 7.16. The SMILES string of the molecule is Cc1c(CN2CCNC2=O)sc2c1CN(C1CC(C)(C)C1)CN2CCC(F)(F)F. The number of alkyl halides is 3. The van der Waals surface area contributed by atoms with Crippen molar-refractivity contribution < 1.29 is 18.0 Å². The Labute approximate surface area is 173 Å². The molecule has 1 aromatic rings. The number of carbonyl (C=O) groups excluding carboxylic acids is 1.